The largest absolute Gasteiger partial charge is 0.496 e. The lowest BCUT2D eigenvalue weighted by Crippen LogP contribution is -2.03. The molecule has 1 aromatic heterocycles. The Labute approximate surface area is 104 Å². The van der Waals surface area contributed by atoms with Crippen molar-refractivity contribution in [1.82, 2.24) is 20.6 Å². The standard InChI is InChI=1S/C12H12N4O2/c1-17-10-9(8-5-3-2-4-6-8)7-18-11(10)12-13-15-16-14-12/h2-6,9H,7H2,1H3,(H,13,14,15,16). The van der Waals surface area contributed by atoms with E-state index in [1.54, 1.807) is 7.11 Å². The molecule has 6 heteroatoms. The highest BCUT2D eigenvalue weighted by atomic mass is 16.5. The van der Waals surface area contributed by atoms with E-state index in [4.69, 9.17) is 9.47 Å². The van der Waals surface area contributed by atoms with E-state index in [1.807, 2.05) is 18.2 Å². The molecule has 0 amide bonds. The lowest BCUT2D eigenvalue weighted by atomic mass is 9.98. The molecule has 1 aromatic carbocycles. The molecule has 1 atom stereocenters. The van der Waals surface area contributed by atoms with Gasteiger partial charge in [0.1, 0.15) is 6.61 Å². The van der Waals surface area contributed by atoms with Crippen molar-refractivity contribution in [2.24, 2.45) is 0 Å². The highest BCUT2D eigenvalue weighted by Gasteiger charge is 2.32. The monoisotopic (exact) mass is 244 g/mol. The molecule has 1 N–H and O–H groups in total. The Balaban J connectivity index is 2.00. The van der Waals surface area contributed by atoms with Crippen molar-refractivity contribution < 1.29 is 9.47 Å². The van der Waals surface area contributed by atoms with Gasteiger partial charge in [0.25, 0.3) is 0 Å². The summed E-state index contributed by atoms with van der Waals surface area (Å²) in [6.07, 6.45) is 0. The van der Waals surface area contributed by atoms with Crippen molar-refractivity contribution in [3.8, 4) is 0 Å². The summed E-state index contributed by atoms with van der Waals surface area (Å²) >= 11 is 0. The fraction of sp³-hybridized carbons (Fsp3) is 0.250. The minimum Gasteiger partial charge on any atom is -0.496 e. The molecule has 0 aliphatic carbocycles. The van der Waals surface area contributed by atoms with Crippen molar-refractivity contribution in [2.75, 3.05) is 13.7 Å². The zero-order valence-electron chi connectivity index (χ0n) is 9.83. The number of aromatic nitrogens is 4. The number of benzene rings is 1. The molecule has 0 saturated carbocycles. The van der Waals surface area contributed by atoms with E-state index < -0.39 is 0 Å². The lowest BCUT2D eigenvalue weighted by Gasteiger charge is -2.11. The number of methoxy groups -OCH3 is 1. The second-order valence-electron chi connectivity index (χ2n) is 3.92. The van der Waals surface area contributed by atoms with Gasteiger partial charge in [-0.3, -0.25) is 0 Å². The van der Waals surface area contributed by atoms with Crippen molar-refractivity contribution in [3.05, 3.63) is 47.5 Å². The molecule has 0 spiro atoms. The van der Waals surface area contributed by atoms with Gasteiger partial charge in [-0.15, -0.1) is 5.10 Å². The van der Waals surface area contributed by atoms with Crippen LogP contribution < -0.4 is 0 Å². The van der Waals surface area contributed by atoms with Crippen LogP contribution in [-0.4, -0.2) is 34.3 Å². The minimum atomic E-state index is 0.0799. The van der Waals surface area contributed by atoms with Crippen LogP contribution >= 0.6 is 0 Å². The first-order valence-electron chi connectivity index (χ1n) is 5.60. The molecule has 2 heterocycles. The zero-order chi connectivity index (χ0) is 12.4. The van der Waals surface area contributed by atoms with Gasteiger partial charge in [0, 0.05) is 0 Å². The van der Waals surface area contributed by atoms with Gasteiger partial charge in [0.15, 0.2) is 5.76 Å². The third-order valence-corrected chi connectivity index (χ3v) is 2.92. The molecule has 3 rings (SSSR count). The fourth-order valence-corrected chi connectivity index (χ4v) is 2.08. The van der Waals surface area contributed by atoms with Crippen LogP contribution in [0.1, 0.15) is 17.3 Å². The van der Waals surface area contributed by atoms with Crippen molar-refractivity contribution in [3.63, 3.8) is 0 Å². The van der Waals surface area contributed by atoms with Gasteiger partial charge in [0.05, 0.1) is 13.0 Å². The van der Waals surface area contributed by atoms with Crippen molar-refractivity contribution in [2.45, 2.75) is 5.92 Å². The van der Waals surface area contributed by atoms with Crippen LogP contribution in [0.2, 0.25) is 0 Å². The second-order valence-corrected chi connectivity index (χ2v) is 3.92. The van der Waals surface area contributed by atoms with Crippen LogP contribution in [0.5, 0.6) is 0 Å². The predicted octanol–water partition coefficient (Wildman–Crippen LogP) is 1.33. The summed E-state index contributed by atoms with van der Waals surface area (Å²) in [7, 11) is 1.63. The molecule has 0 saturated heterocycles. The topological polar surface area (TPSA) is 72.9 Å². The Bertz CT molecular complexity index is 551. The summed E-state index contributed by atoms with van der Waals surface area (Å²) < 4.78 is 11.1. The Kier molecular flexibility index (Phi) is 2.68. The van der Waals surface area contributed by atoms with Crippen LogP contribution in [0.4, 0.5) is 0 Å². The van der Waals surface area contributed by atoms with Crippen LogP contribution in [0.15, 0.2) is 36.1 Å². The van der Waals surface area contributed by atoms with Gasteiger partial charge >= 0.3 is 0 Å². The third-order valence-electron chi connectivity index (χ3n) is 2.92. The summed E-state index contributed by atoms with van der Waals surface area (Å²) in [4.78, 5) is 0. The molecule has 0 fully saturated rings. The molecule has 2 aromatic rings. The Morgan fingerprint density at radius 1 is 1.33 bits per heavy atom. The quantitative estimate of drug-likeness (QED) is 0.881. The van der Waals surface area contributed by atoms with E-state index >= 15 is 0 Å². The Hall–Kier alpha value is -2.37. The van der Waals surface area contributed by atoms with E-state index in [0.29, 0.717) is 18.2 Å². The Morgan fingerprint density at radius 3 is 2.83 bits per heavy atom. The van der Waals surface area contributed by atoms with E-state index in [2.05, 4.69) is 32.8 Å². The summed E-state index contributed by atoms with van der Waals surface area (Å²) in [5.74, 6) is 1.90. The highest BCUT2D eigenvalue weighted by molar-refractivity contribution is 5.59. The van der Waals surface area contributed by atoms with Crippen LogP contribution in [0.25, 0.3) is 5.76 Å². The van der Waals surface area contributed by atoms with Gasteiger partial charge in [-0.2, -0.15) is 0 Å². The molecule has 1 aliphatic heterocycles. The first-order chi connectivity index (χ1) is 8.90. The van der Waals surface area contributed by atoms with Crippen molar-refractivity contribution >= 4 is 5.76 Å². The number of rotatable bonds is 3. The summed E-state index contributed by atoms with van der Waals surface area (Å²) in [5, 5.41) is 13.6. The van der Waals surface area contributed by atoms with Gasteiger partial charge < -0.3 is 9.47 Å². The molecular weight excluding hydrogens is 232 g/mol. The number of hydrogen-bond donors (Lipinski definition) is 1. The van der Waals surface area contributed by atoms with Crippen LogP contribution in [0.3, 0.4) is 0 Å². The predicted molar refractivity (Wildman–Crippen MR) is 63.2 cm³/mol. The maximum atomic E-state index is 5.65. The lowest BCUT2D eigenvalue weighted by molar-refractivity contribution is 0.263. The van der Waals surface area contributed by atoms with Gasteiger partial charge in [0.2, 0.25) is 11.6 Å². The third kappa shape index (κ3) is 1.71. The van der Waals surface area contributed by atoms with E-state index in [-0.39, 0.29) is 5.92 Å². The number of nitrogens with zero attached hydrogens (tertiary/aromatic N) is 3. The number of aromatic amines is 1. The number of hydrogen-bond acceptors (Lipinski definition) is 5. The summed E-state index contributed by atoms with van der Waals surface area (Å²) in [6.45, 7) is 0.531. The van der Waals surface area contributed by atoms with Crippen LogP contribution in [0, 0.1) is 0 Å². The zero-order valence-corrected chi connectivity index (χ0v) is 9.83. The SMILES string of the molecule is COC1=C(c2nnn[nH]2)OCC1c1ccccc1. The first kappa shape index (κ1) is 10.8. The van der Waals surface area contributed by atoms with Gasteiger partial charge in [-0.05, 0) is 16.0 Å². The number of nitrogens with one attached hydrogen (secondary N) is 1. The molecule has 1 unspecified atom stereocenters. The van der Waals surface area contributed by atoms with E-state index in [0.717, 1.165) is 11.3 Å². The second kappa shape index (κ2) is 4.48. The summed E-state index contributed by atoms with van der Waals surface area (Å²) in [5.41, 5.74) is 1.15. The molecule has 92 valence electrons. The minimum absolute atomic E-state index is 0.0799. The Morgan fingerprint density at radius 2 is 2.17 bits per heavy atom. The summed E-state index contributed by atoms with van der Waals surface area (Å²) in [6, 6.07) is 10.1. The van der Waals surface area contributed by atoms with Gasteiger partial charge in [-0.25, -0.2) is 5.10 Å². The van der Waals surface area contributed by atoms with E-state index in [9.17, 15) is 0 Å². The van der Waals surface area contributed by atoms with E-state index in [1.165, 1.54) is 0 Å². The smallest absolute Gasteiger partial charge is 0.218 e. The molecule has 0 radical (unpaired) electrons. The maximum Gasteiger partial charge on any atom is 0.218 e. The fourth-order valence-electron chi connectivity index (χ4n) is 2.08. The van der Waals surface area contributed by atoms with Crippen molar-refractivity contribution in [1.29, 1.82) is 0 Å². The van der Waals surface area contributed by atoms with Crippen LogP contribution in [-0.2, 0) is 9.47 Å². The molecule has 18 heavy (non-hydrogen) atoms. The maximum absolute atomic E-state index is 5.65. The van der Waals surface area contributed by atoms with Gasteiger partial charge in [-0.1, -0.05) is 30.3 Å². The molecule has 6 nitrogen and oxygen atoms in total. The average molecular weight is 244 g/mol. The highest BCUT2D eigenvalue weighted by Crippen LogP contribution is 2.37. The normalized spacial score (nSPS) is 18.8. The number of H-pyrrole nitrogens is 1. The molecule has 0 bridgehead atoms. The average Bonchev–Trinajstić information content (AvgIpc) is 3.08. The first-order valence-corrected chi connectivity index (χ1v) is 5.60. The molecule has 1 aliphatic rings. The molecular formula is C12H12N4O2. The number of tetrazole rings is 1. The number of ether oxygens (including phenoxy) is 2.